The predicted molar refractivity (Wildman–Crippen MR) is 77.2 cm³/mol. The SMILES string of the molecule is CNC1CCN(C(=O)CC2CCC2)c2ccccc21. The molecule has 3 rings (SSSR count). The highest BCUT2D eigenvalue weighted by atomic mass is 16.2. The normalized spacial score (nSPS) is 22.8. The number of anilines is 1. The van der Waals surface area contributed by atoms with E-state index in [1.165, 1.54) is 24.8 Å². The molecule has 3 heteroatoms. The van der Waals surface area contributed by atoms with Gasteiger partial charge in [-0.25, -0.2) is 0 Å². The smallest absolute Gasteiger partial charge is 0.227 e. The van der Waals surface area contributed by atoms with Crippen LogP contribution in [0.15, 0.2) is 24.3 Å². The fourth-order valence-electron chi connectivity index (χ4n) is 3.18. The number of benzene rings is 1. The average molecular weight is 258 g/mol. The first-order chi connectivity index (χ1) is 9.29. The second kappa shape index (κ2) is 5.33. The van der Waals surface area contributed by atoms with Gasteiger partial charge in [0, 0.05) is 24.7 Å². The molecule has 0 aromatic heterocycles. The Kier molecular flexibility index (Phi) is 3.56. The van der Waals surface area contributed by atoms with Crippen LogP contribution in [0, 0.1) is 5.92 Å². The maximum atomic E-state index is 12.5. The van der Waals surface area contributed by atoms with Crippen molar-refractivity contribution in [2.75, 3.05) is 18.5 Å². The van der Waals surface area contributed by atoms with Crippen molar-refractivity contribution in [3.8, 4) is 0 Å². The van der Waals surface area contributed by atoms with E-state index in [9.17, 15) is 4.79 Å². The molecular weight excluding hydrogens is 236 g/mol. The number of hydrogen-bond donors (Lipinski definition) is 1. The third-order valence-corrected chi connectivity index (χ3v) is 4.58. The zero-order valence-corrected chi connectivity index (χ0v) is 11.6. The van der Waals surface area contributed by atoms with Gasteiger partial charge in [-0.2, -0.15) is 0 Å². The van der Waals surface area contributed by atoms with Crippen LogP contribution < -0.4 is 10.2 Å². The number of fused-ring (bicyclic) bond motifs is 1. The van der Waals surface area contributed by atoms with Crippen LogP contribution in [-0.4, -0.2) is 19.5 Å². The van der Waals surface area contributed by atoms with Gasteiger partial charge in [0.15, 0.2) is 0 Å². The monoisotopic (exact) mass is 258 g/mol. The standard InChI is InChI=1S/C16H22N2O/c1-17-14-9-10-18(15-8-3-2-7-13(14)15)16(19)11-12-5-4-6-12/h2-3,7-8,12,14,17H,4-6,9-11H2,1H3. The van der Waals surface area contributed by atoms with E-state index in [2.05, 4.69) is 23.5 Å². The molecular formula is C16H22N2O. The van der Waals surface area contributed by atoms with Crippen LogP contribution in [0.3, 0.4) is 0 Å². The van der Waals surface area contributed by atoms with Crippen molar-refractivity contribution in [2.24, 2.45) is 5.92 Å². The molecule has 1 aliphatic heterocycles. The number of rotatable bonds is 3. The minimum Gasteiger partial charge on any atom is -0.313 e. The van der Waals surface area contributed by atoms with Crippen LogP contribution in [0.4, 0.5) is 5.69 Å². The molecule has 0 saturated heterocycles. The van der Waals surface area contributed by atoms with Crippen molar-refractivity contribution in [3.05, 3.63) is 29.8 Å². The summed E-state index contributed by atoms with van der Waals surface area (Å²) in [5, 5.41) is 3.34. The Bertz CT molecular complexity index is 468. The molecule has 3 nitrogen and oxygen atoms in total. The lowest BCUT2D eigenvalue weighted by Crippen LogP contribution is -2.40. The summed E-state index contributed by atoms with van der Waals surface area (Å²) in [4.78, 5) is 14.5. The average Bonchev–Trinajstić information content (AvgIpc) is 2.41. The fraction of sp³-hybridized carbons (Fsp3) is 0.562. The molecule has 1 heterocycles. The number of nitrogens with zero attached hydrogens (tertiary/aromatic N) is 1. The van der Waals surface area contributed by atoms with Gasteiger partial charge in [0.05, 0.1) is 0 Å². The van der Waals surface area contributed by atoms with Crippen molar-refractivity contribution in [1.29, 1.82) is 0 Å². The molecule has 1 aliphatic carbocycles. The van der Waals surface area contributed by atoms with Crippen LogP contribution in [0.5, 0.6) is 0 Å². The summed E-state index contributed by atoms with van der Waals surface area (Å²) in [6, 6.07) is 8.68. The van der Waals surface area contributed by atoms with E-state index < -0.39 is 0 Å². The first-order valence-corrected chi connectivity index (χ1v) is 7.36. The van der Waals surface area contributed by atoms with Gasteiger partial charge in [-0.3, -0.25) is 4.79 Å². The van der Waals surface area contributed by atoms with Crippen molar-refractivity contribution >= 4 is 11.6 Å². The van der Waals surface area contributed by atoms with E-state index in [1.807, 2.05) is 18.0 Å². The second-order valence-electron chi connectivity index (χ2n) is 5.74. The summed E-state index contributed by atoms with van der Waals surface area (Å²) in [6.07, 6.45) is 5.51. The van der Waals surface area contributed by atoms with E-state index in [0.717, 1.165) is 25.1 Å². The number of amides is 1. The summed E-state index contributed by atoms with van der Waals surface area (Å²) in [6.45, 7) is 0.841. The summed E-state index contributed by atoms with van der Waals surface area (Å²) in [5.74, 6) is 0.952. The number of carbonyl (C=O) groups excluding carboxylic acids is 1. The van der Waals surface area contributed by atoms with Gasteiger partial charge in [-0.1, -0.05) is 24.6 Å². The summed E-state index contributed by atoms with van der Waals surface area (Å²) >= 11 is 0. The number of nitrogens with one attached hydrogen (secondary N) is 1. The molecule has 0 bridgehead atoms. The molecule has 1 atom stereocenters. The third-order valence-electron chi connectivity index (χ3n) is 4.58. The first kappa shape index (κ1) is 12.7. The van der Waals surface area contributed by atoms with E-state index in [0.29, 0.717) is 17.9 Å². The lowest BCUT2D eigenvalue weighted by Gasteiger charge is -2.36. The maximum absolute atomic E-state index is 12.5. The van der Waals surface area contributed by atoms with Gasteiger partial charge in [0.25, 0.3) is 0 Å². The number of hydrogen-bond acceptors (Lipinski definition) is 2. The van der Waals surface area contributed by atoms with Crippen LogP contribution in [0.1, 0.15) is 43.7 Å². The predicted octanol–water partition coefficient (Wildman–Crippen LogP) is 2.87. The Morgan fingerprint density at radius 1 is 1.32 bits per heavy atom. The molecule has 1 N–H and O–H groups in total. The molecule has 102 valence electrons. The topological polar surface area (TPSA) is 32.3 Å². The lowest BCUT2D eigenvalue weighted by atomic mass is 9.82. The second-order valence-corrected chi connectivity index (χ2v) is 5.74. The van der Waals surface area contributed by atoms with E-state index in [4.69, 9.17) is 0 Å². The minimum absolute atomic E-state index is 0.312. The Hall–Kier alpha value is -1.35. The minimum atomic E-state index is 0.312. The van der Waals surface area contributed by atoms with Crippen LogP contribution in [0.25, 0.3) is 0 Å². The molecule has 19 heavy (non-hydrogen) atoms. The van der Waals surface area contributed by atoms with Gasteiger partial charge < -0.3 is 10.2 Å². The highest BCUT2D eigenvalue weighted by molar-refractivity contribution is 5.94. The molecule has 1 aromatic carbocycles. The fourth-order valence-corrected chi connectivity index (χ4v) is 3.18. The Balaban J connectivity index is 1.80. The largest absolute Gasteiger partial charge is 0.313 e. The molecule has 1 unspecified atom stereocenters. The number of carbonyl (C=O) groups is 1. The van der Waals surface area contributed by atoms with Crippen molar-refractivity contribution < 1.29 is 4.79 Å². The third kappa shape index (κ3) is 2.39. The van der Waals surface area contributed by atoms with E-state index in [-0.39, 0.29) is 0 Å². The zero-order valence-electron chi connectivity index (χ0n) is 11.6. The van der Waals surface area contributed by atoms with Gasteiger partial charge >= 0.3 is 0 Å². The Morgan fingerprint density at radius 2 is 2.11 bits per heavy atom. The van der Waals surface area contributed by atoms with Crippen molar-refractivity contribution in [2.45, 2.75) is 38.1 Å². The highest BCUT2D eigenvalue weighted by Gasteiger charge is 2.30. The first-order valence-electron chi connectivity index (χ1n) is 7.36. The molecule has 1 amide bonds. The van der Waals surface area contributed by atoms with Gasteiger partial charge in [0.2, 0.25) is 5.91 Å². The van der Waals surface area contributed by atoms with Crippen molar-refractivity contribution in [3.63, 3.8) is 0 Å². The van der Waals surface area contributed by atoms with E-state index >= 15 is 0 Å². The molecule has 0 radical (unpaired) electrons. The Morgan fingerprint density at radius 3 is 2.79 bits per heavy atom. The van der Waals surface area contributed by atoms with Gasteiger partial charge in [-0.05, 0) is 43.9 Å². The summed E-state index contributed by atoms with van der Waals surface area (Å²) in [5.41, 5.74) is 2.37. The zero-order chi connectivity index (χ0) is 13.2. The van der Waals surface area contributed by atoms with Crippen LogP contribution >= 0.6 is 0 Å². The van der Waals surface area contributed by atoms with E-state index in [1.54, 1.807) is 0 Å². The van der Waals surface area contributed by atoms with Gasteiger partial charge in [-0.15, -0.1) is 0 Å². The van der Waals surface area contributed by atoms with Crippen LogP contribution in [-0.2, 0) is 4.79 Å². The molecule has 0 spiro atoms. The maximum Gasteiger partial charge on any atom is 0.227 e. The highest BCUT2D eigenvalue weighted by Crippen LogP contribution is 2.36. The molecule has 1 fully saturated rings. The summed E-state index contributed by atoms with van der Waals surface area (Å²) in [7, 11) is 1.99. The number of para-hydroxylation sites is 1. The Labute approximate surface area is 115 Å². The van der Waals surface area contributed by atoms with Crippen LogP contribution in [0.2, 0.25) is 0 Å². The van der Waals surface area contributed by atoms with Gasteiger partial charge in [0.1, 0.15) is 0 Å². The molecule has 2 aliphatic rings. The van der Waals surface area contributed by atoms with Crippen molar-refractivity contribution in [1.82, 2.24) is 5.32 Å². The summed E-state index contributed by atoms with van der Waals surface area (Å²) < 4.78 is 0. The lowest BCUT2D eigenvalue weighted by molar-refractivity contribution is -0.120. The molecule has 1 aromatic rings. The quantitative estimate of drug-likeness (QED) is 0.904. The molecule has 1 saturated carbocycles.